The number of urea groups is 1. The molecule has 1 aromatic carbocycles. The smallest absolute Gasteiger partial charge is 0.317 e. The molecule has 1 N–H and O–H groups in total. The van der Waals surface area contributed by atoms with E-state index in [4.69, 9.17) is 9.47 Å². The third-order valence-electron chi connectivity index (χ3n) is 4.00. The first kappa shape index (κ1) is 16.3. The van der Waals surface area contributed by atoms with Crippen molar-refractivity contribution in [2.45, 2.75) is 12.1 Å². The molecule has 6 heteroatoms. The van der Waals surface area contributed by atoms with E-state index in [1.54, 1.807) is 24.2 Å². The summed E-state index contributed by atoms with van der Waals surface area (Å²) in [5.41, 5.74) is 1.02. The maximum atomic E-state index is 12.3. The van der Waals surface area contributed by atoms with E-state index < -0.39 is 0 Å². The summed E-state index contributed by atoms with van der Waals surface area (Å²) in [6.07, 6.45) is 1.42. The van der Waals surface area contributed by atoms with Gasteiger partial charge in [0, 0.05) is 25.9 Å². The molecule has 1 saturated heterocycles. The molecule has 0 bridgehead atoms. The molecule has 3 rings (SSSR count). The zero-order chi connectivity index (χ0) is 16.8. The van der Waals surface area contributed by atoms with Gasteiger partial charge in [0.05, 0.1) is 12.6 Å². The highest BCUT2D eigenvalue weighted by atomic mass is 16.5. The first-order valence-electron chi connectivity index (χ1n) is 7.98. The topological polar surface area (TPSA) is 63.7 Å². The summed E-state index contributed by atoms with van der Waals surface area (Å²) in [7, 11) is 1.64. The lowest BCUT2D eigenvalue weighted by Crippen LogP contribution is -2.52. The number of pyridine rings is 1. The number of nitrogens with zero attached hydrogens (tertiary/aromatic N) is 2. The Hall–Kier alpha value is -2.60. The molecular weight excluding hydrogens is 306 g/mol. The molecule has 2 aromatic rings. The SMILES string of the molecule is CNC(=O)N1CCO[C@@H](COc2ccccn2)[C@@H]1c1ccccc1. The highest BCUT2D eigenvalue weighted by Crippen LogP contribution is 2.30. The molecule has 6 nitrogen and oxygen atoms in total. The summed E-state index contributed by atoms with van der Waals surface area (Å²) in [6.45, 7) is 1.34. The number of hydrogen-bond donors (Lipinski definition) is 1. The van der Waals surface area contributed by atoms with Gasteiger partial charge in [-0.25, -0.2) is 9.78 Å². The molecule has 0 spiro atoms. The molecule has 1 aromatic heterocycles. The third kappa shape index (κ3) is 3.65. The van der Waals surface area contributed by atoms with Crippen LogP contribution >= 0.6 is 0 Å². The fourth-order valence-corrected chi connectivity index (χ4v) is 2.89. The summed E-state index contributed by atoms with van der Waals surface area (Å²) in [6, 6.07) is 15.1. The molecule has 2 heterocycles. The van der Waals surface area contributed by atoms with Crippen LogP contribution in [-0.4, -0.2) is 48.8 Å². The van der Waals surface area contributed by atoms with Gasteiger partial charge in [-0.1, -0.05) is 36.4 Å². The number of amides is 2. The van der Waals surface area contributed by atoms with Crippen molar-refractivity contribution in [3.05, 3.63) is 60.3 Å². The summed E-state index contributed by atoms with van der Waals surface area (Å²) in [4.78, 5) is 18.2. The van der Waals surface area contributed by atoms with Crippen LogP contribution < -0.4 is 10.1 Å². The Labute approximate surface area is 141 Å². The van der Waals surface area contributed by atoms with Crippen LogP contribution in [0.3, 0.4) is 0 Å². The summed E-state index contributed by atoms with van der Waals surface area (Å²) in [5.74, 6) is 0.546. The van der Waals surface area contributed by atoms with Crippen LogP contribution in [0.15, 0.2) is 54.7 Å². The zero-order valence-electron chi connectivity index (χ0n) is 13.6. The Morgan fingerprint density at radius 3 is 2.79 bits per heavy atom. The minimum Gasteiger partial charge on any atom is -0.475 e. The van der Waals surface area contributed by atoms with Gasteiger partial charge in [-0.2, -0.15) is 0 Å². The van der Waals surface area contributed by atoms with Gasteiger partial charge in [-0.3, -0.25) is 0 Å². The van der Waals surface area contributed by atoms with E-state index in [-0.39, 0.29) is 18.2 Å². The van der Waals surface area contributed by atoms with Crippen molar-refractivity contribution in [3.63, 3.8) is 0 Å². The van der Waals surface area contributed by atoms with Crippen molar-refractivity contribution in [2.24, 2.45) is 0 Å². The van der Waals surface area contributed by atoms with E-state index in [1.165, 1.54) is 0 Å². The third-order valence-corrected chi connectivity index (χ3v) is 4.00. The Bertz CT molecular complexity index is 651. The van der Waals surface area contributed by atoms with Crippen molar-refractivity contribution >= 4 is 6.03 Å². The van der Waals surface area contributed by atoms with Crippen molar-refractivity contribution in [1.29, 1.82) is 0 Å². The van der Waals surface area contributed by atoms with Crippen LogP contribution in [0.25, 0.3) is 0 Å². The van der Waals surface area contributed by atoms with Gasteiger partial charge in [0.1, 0.15) is 12.7 Å². The Kier molecular flexibility index (Phi) is 5.28. The van der Waals surface area contributed by atoms with Gasteiger partial charge < -0.3 is 19.7 Å². The van der Waals surface area contributed by atoms with Crippen LogP contribution in [0, 0.1) is 0 Å². The van der Waals surface area contributed by atoms with Crippen LogP contribution in [-0.2, 0) is 4.74 Å². The Morgan fingerprint density at radius 1 is 1.29 bits per heavy atom. The fourth-order valence-electron chi connectivity index (χ4n) is 2.89. The molecule has 1 fully saturated rings. The monoisotopic (exact) mass is 327 g/mol. The van der Waals surface area contributed by atoms with Gasteiger partial charge in [0.15, 0.2) is 0 Å². The van der Waals surface area contributed by atoms with Gasteiger partial charge >= 0.3 is 6.03 Å². The van der Waals surface area contributed by atoms with Crippen molar-refractivity contribution < 1.29 is 14.3 Å². The predicted molar refractivity (Wildman–Crippen MR) is 89.8 cm³/mol. The summed E-state index contributed by atoms with van der Waals surface area (Å²) < 4.78 is 11.7. The van der Waals surface area contributed by atoms with E-state index in [0.717, 1.165) is 5.56 Å². The van der Waals surface area contributed by atoms with Crippen molar-refractivity contribution in [2.75, 3.05) is 26.8 Å². The first-order valence-corrected chi connectivity index (χ1v) is 7.98. The van der Waals surface area contributed by atoms with E-state index in [2.05, 4.69) is 10.3 Å². The molecular formula is C18H21N3O3. The summed E-state index contributed by atoms with van der Waals surface area (Å²) >= 11 is 0. The second-order valence-corrected chi connectivity index (χ2v) is 5.49. The maximum absolute atomic E-state index is 12.3. The van der Waals surface area contributed by atoms with Gasteiger partial charge in [0.25, 0.3) is 0 Å². The number of morpholine rings is 1. The maximum Gasteiger partial charge on any atom is 0.317 e. The molecule has 1 aliphatic rings. The molecule has 0 aliphatic carbocycles. The van der Waals surface area contributed by atoms with Gasteiger partial charge in [-0.05, 0) is 11.6 Å². The standard InChI is InChI=1S/C18H21N3O3/c1-19-18(22)21-11-12-23-15(13-24-16-9-5-6-10-20-16)17(21)14-7-3-2-4-8-14/h2-10,15,17H,11-13H2,1H3,(H,19,22)/t15-,17-/m0/s1. The van der Waals surface area contributed by atoms with Crippen LogP contribution in [0.1, 0.15) is 11.6 Å². The van der Waals surface area contributed by atoms with Crippen molar-refractivity contribution in [1.82, 2.24) is 15.2 Å². The number of aromatic nitrogens is 1. The quantitative estimate of drug-likeness (QED) is 0.935. The van der Waals surface area contributed by atoms with Crippen molar-refractivity contribution in [3.8, 4) is 5.88 Å². The zero-order valence-corrected chi connectivity index (χ0v) is 13.6. The lowest BCUT2D eigenvalue weighted by atomic mass is 9.98. The van der Waals surface area contributed by atoms with E-state index >= 15 is 0 Å². The van der Waals surface area contributed by atoms with E-state index in [0.29, 0.717) is 25.6 Å². The lowest BCUT2D eigenvalue weighted by molar-refractivity contribution is -0.0735. The molecule has 126 valence electrons. The lowest BCUT2D eigenvalue weighted by Gasteiger charge is -2.41. The first-order chi connectivity index (χ1) is 11.8. The predicted octanol–water partition coefficient (Wildman–Crippen LogP) is 2.24. The molecule has 0 saturated carbocycles. The number of ether oxygens (including phenoxy) is 2. The second kappa shape index (κ2) is 7.79. The number of carbonyl (C=O) groups is 1. The number of rotatable bonds is 4. The van der Waals surface area contributed by atoms with Gasteiger partial charge in [-0.15, -0.1) is 0 Å². The minimum atomic E-state index is -0.263. The highest BCUT2D eigenvalue weighted by molar-refractivity contribution is 5.74. The Morgan fingerprint density at radius 2 is 2.08 bits per heavy atom. The minimum absolute atomic E-state index is 0.116. The number of hydrogen-bond acceptors (Lipinski definition) is 4. The number of nitrogens with one attached hydrogen (secondary N) is 1. The van der Waals surface area contributed by atoms with Crippen LogP contribution in [0.4, 0.5) is 4.79 Å². The molecule has 2 amide bonds. The van der Waals surface area contributed by atoms with Gasteiger partial charge in [0.2, 0.25) is 5.88 Å². The van der Waals surface area contributed by atoms with Crippen LogP contribution in [0.2, 0.25) is 0 Å². The molecule has 0 radical (unpaired) electrons. The average Bonchev–Trinajstić information content (AvgIpc) is 2.67. The largest absolute Gasteiger partial charge is 0.475 e. The fraction of sp³-hybridized carbons (Fsp3) is 0.333. The average molecular weight is 327 g/mol. The molecule has 1 aliphatic heterocycles. The van der Waals surface area contributed by atoms with E-state index in [9.17, 15) is 4.79 Å². The number of benzene rings is 1. The number of carbonyl (C=O) groups excluding carboxylic acids is 1. The highest BCUT2D eigenvalue weighted by Gasteiger charge is 2.36. The molecule has 0 unspecified atom stereocenters. The Balaban J connectivity index is 1.80. The molecule has 24 heavy (non-hydrogen) atoms. The molecule has 2 atom stereocenters. The summed E-state index contributed by atoms with van der Waals surface area (Å²) in [5, 5.41) is 2.71. The van der Waals surface area contributed by atoms with Crippen LogP contribution in [0.5, 0.6) is 5.88 Å². The normalized spacial score (nSPS) is 20.5. The second-order valence-electron chi connectivity index (χ2n) is 5.49. The van der Waals surface area contributed by atoms with E-state index in [1.807, 2.05) is 42.5 Å².